The van der Waals surface area contributed by atoms with E-state index in [9.17, 15) is 4.39 Å². The van der Waals surface area contributed by atoms with Gasteiger partial charge in [-0.3, -0.25) is 0 Å². The van der Waals surface area contributed by atoms with Crippen LogP contribution in [-0.4, -0.2) is 11.0 Å². The Balaban J connectivity index is 2.08. The smallest absolute Gasteiger partial charge is 0.219 e. The largest absolute Gasteiger partial charge is 0.439 e. The molecule has 0 aliphatic carbocycles. The van der Waals surface area contributed by atoms with E-state index in [1.165, 1.54) is 12.1 Å². The number of halogens is 2. The van der Waals surface area contributed by atoms with Gasteiger partial charge in [-0.05, 0) is 23.8 Å². The van der Waals surface area contributed by atoms with E-state index in [-0.39, 0.29) is 5.02 Å². The van der Waals surface area contributed by atoms with Crippen molar-refractivity contribution in [2.45, 2.75) is 26.4 Å². The van der Waals surface area contributed by atoms with Crippen LogP contribution < -0.4 is 10.1 Å². The number of nitrogens with one attached hydrogen (secondary N) is 1. The Bertz CT molecular complexity index is 590. The van der Waals surface area contributed by atoms with Gasteiger partial charge in [-0.25, -0.2) is 9.37 Å². The average molecular weight is 295 g/mol. The zero-order valence-corrected chi connectivity index (χ0v) is 12.1. The molecule has 106 valence electrons. The molecule has 1 aromatic carbocycles. The third-order valence-electron chi connectivity index (χ3n) is 2.63. The van der Waals surface area contributed by atoms with Gasteiger partial charge in [0.25, 0.3) is 0 Å². The minimum absolute atomic E-state index is 0.0696. The first-order chi connectivity index (χ1) is 9.54. The van der Waals surface area contributed by atoms with Crippen molar-refractivity contribution in [2.75, 3.05) is 0 Å². The first-order valence-electron chi connectivity index (χ1n) is 6.36. The van der Waals surface area contributed by atoms with Crippen LogP contribution in [0.1, 0.15) is 19.4 Å². The molecule has 2 rings (SSSR count). The Kier molecular flexibility index (Phi) is 4.93. The molecule has 1 aromatic heterocycles. The molecule has 0 saturated carbocycles. The summed E-state index contributed by atoms with van der Waals surface area (Å²) in [5.74, 6) is 0.282. The topological polar surface area (TPSA) is 34.2 Å². The van der Waals surface area contributed by atoms with Gasteiger partial charge in [-0.1, -0.05) is 25.4 Å². The molecule has 1 heterocycles. The third kappa shape index (κ3) is 4.18. The molecule has 0 amide bonds. The monoisotopic (exact) mass is 294 g/mol. The van der Waals surface area contributed by atoms with Gasteiger partial charge in [0, 0.05) is 30.9 Å². The fourth-order valence-electron chi connectivity index (χ4n) is 1.60. The molecule has 0 saturated heterocycles. The number of rotatable bonds is 5. The maximum absolute atomic E-state index is 13.3. The van der Waals surface area contributed by atoms with Crippen molar-refractivity contribution in [1.82, 2.24) is 10.3 Å². The summed E-state index contributed by atoms with van der Waals surface area (Å²) >= 11 is 5.63. The summed E-state index contributed by atoms with van der Waals surface area (Å²) in [6.45, 7) is 4.88. The van der Waals surface area contributed by atoms with E-state index in [0.717, 1.165) is 12.1 Å². The van der Waals surface area contributed by atoms with Gasteiger partial charge in [0.2, 0.25) is 5.88 Å². The van der Waals surface area contributed by atoms with Gasteiger partial charge < -0.3 is 10.1 Å². The highest BCUT2D eigenvalue weighted by atomic mass is 35.5. The summed E-state index contributed by atoms with van der Waals surface area (Å²) in [4.78, 5) is 4.11. The molecule has 0 spiro atoms. The molecule has 3 nitrogen and oxygen atoms in total. The van der Waals surface area contributed by atoms with E-state index in [1.807, 2.05) is 12.1 Å². The second-order valence-corrected chi connectivity index (χ2v) is 5.12. The quantitative estimate of drug-likeness (QED) is 0.899. The third-order valence-corrected chi connectivity index (χ3v) is 2.93. The molecule has 0 bridgehead atoms. The van der Waals surface area contributed by atoms with Crippen molar-refractivity contribution in [3.8, 4) is 11.6 Å². The lowest BCUT2D eigenvalue weighted by molar-refractivity contribution is 0.456. The number of hydrogen-bond donors (Lipinski definition) is 1. The first kappa shape index (κ1) is 14.8. The zero-order chi connectivity index (χ0) is 14.5. The lowest BCUT2D eigenvalue weighted by Gasteiger charge is -2.10. The van der Waals surface area contributed by atoms with Gasteiger partial charge in [0.1, 0.15) is 11.6 Å². The highest BCUT2D eigenvalue weighted by Crippen LogP contribution is 2.24. The standard InChI is InChI=1S/C15H16ClFN2O/c1-10(2)19-9-11-5-6-18-15(7-11)20-12-3-4-13(16)14(17)8-12/h3-8,10,19H,9H2,1-2H3. The van der Waals surface area contributed by atoms with Crippen molar-refractivity contribution in [3.05, 3.63) is 52.9 Å². The summed E-state index contributed by atoms with van der Waals surface area (Å²) in [5.41, 5.74) is 1.05. The van der Waals surface area contributed by atoms with Crippen molar-refractivity contribution < 1.29 is 9.13 Å². The minimum Gasteiger partial charge on any atom is -0.439 e. The maximum atomic E-state index is 13.3. The van der Waals surface area contributed by atoms with Crippen LogP contribution in [0, 0.1) is 5.82 Å². The van der Waals surface area contributed by atoms with E-state index < -0.39 is 5.82 Å². The molecule has 5 heteroatoms. The summed E-state index contributed by atoms with van der Waals surface area (Å²) in [6.07, 6.45) is 1.67. The van der Waals surface area contributed by atoms with Crippen LogP contribution in [0.25, 0.3) is 0 Å². The summed E-state index contributed by atoms with van der Waals surface area (Å²) in [7, 11) is 0. The van der Waals surface area contributed by atoms with Gasteiger partial charge in [0.15, 0.2) is 0 Å². The molecular weight excluding hydrogens is 279 g/mol. The van der Waals surface area contributed by atoms with E-state index in [1.54, 1.807) is 12.3 Å². The van der Waals surface area contributed by atoms with Crippen LogP contribution in [0.4, 0.5) is 4.39 Å². The van der Waals surface area contributed by atoms with E-state index >= 15 is 0 Å². The Labute approximate surface area is 122 Å². The van der Waals surface area contributed by atoms with Crippen LogP contribution in [0.15, 0.2) is 36.5 Å². The lowest BCUT2D eigenvalue weighted by Crippen LogP contribution is -2.21. The minimum atomic E-state index is -0.512. The van der Waals surface area contributed by atoms with Crippen LogP contribution in [-0.2, 0) is 6.54 Å². The van der Waals surface area contributed by atoms with Crippen LogP contribution in [0.5, 0.6) is 11.6 Å². The average Bonchev–Trinajstić information content (AvgIpc) is 2.41. The molecular formula is C15H16ClFN2O. The molecule has 20 heavy (non-hydrogen) atoms. The molecule has 0 fully saturated rings. The van der Waals surface area contributed by atoms with Crippen molar-refractivity contribution >= 4 is 11.6 Å². The summed E-state index contributed by atoms with van der Waals surface area (Å²) in [6, 6.07) is 8.43. The zero-order valence-electron chi connectivity index (χ0n) is 11.4. The van der Waals surface area contributed by atoms with Gasteiger partial charge in [-0.15, -0.1) is 0 Å². The van der Waals surface area contributed by atoms with Crippen LogP contribution >= 0.6 is 11.6 Å². The predicted octanol–water partition coefficient (Wildman–Crippen LogP) is 4.16. The van der Waals surface area contributed by atoms with Gasteiger partial charge >= 0.3 is 0 Å². The van der Waals surface area contributed by atoms with E-state index in [2.05, 4.69) is 24.1 Å². The van der Waals surface area contributed by atoms with Crippen molar-refractivity contribution in [3.63, 3.8) is 0 Å². The van der Waals surface area contributed by atoms with Crippen molar-refractivity contribution in [1.29, 1.82) is 0 Å². The number of benzene rings is 1. The Hall–Kier alpha value is -1.65. The molecule has 0 aliphatic heterocycles. The maximum Gasteiger partial charge on any atom is 0.219 e. The number of hydrogen-bond acceptors (Lipinski definition) is 3. The predicted molar refractivity (Wildman–Crippen MR) is 77.7 cm³/mol. The number of aromatic nitrogens is 1. The molecule has 0 atom stereocenters. The van der Waals surface area contributed by atoms with E-state index in [0.29, 0.717) is 17.7 Å². The second-order valence-electron chi connectivity index (χ2n) is 4.72. The van der Waals surface area contributed by atoms with Crippen molar-refractivity contribution in [2.24, 2.45) is 0 Å². The van der Waals surface area contributed by atoms with Gasteiger partial charge in [-0.2, -0.15) is 0 Å². The fraction of sp³-hybridized carbons (Fsp3) is 0.267. The number of pyridine rings is 1. The first-order valence-corrected chi connectivity index (χ1v) is 6.73. The number of nitrogens with zero attached hydrogens (tertiary/aromatic N) is 1. The van der Waals surface area contributed by atoms with Gasteiger partial charge in [0.05, 0.1) is 5.02 Å². The molecule has 0 unspecified atom stereocenters. The Morgan fingerprint density at radius 2 is 2.10 bits per heavy atom. The highest BCUT2D eigenvalue weighted by Gasteiger charge is 2.05. The SMILES string of the molecule is CC(C)NCc1ccnc(Oc2ccc(Cl)c(F)c2)c1. The Morgan fingerprint density at radius 1 is 1.30 bits per heavy atom. The molecule has 0 radical (unpaired) electrons. The second kappa shape index (κ2) is 6.68. The Morgan fingerprint density at radius 3 is 2.80 bits per heavy atom. The molecule has 0 aliphatic rings. The lowest BCUT2D eigenvalue weighted by atomic mass is 10.2. The van der Waals surface area contributed by atoms with Crippen LogP contribution in [0.2, 0.25) is 5.02 Å². The van der Waals surface area contributed by atoms with Crippen LogP contribution in [0.3, 0.4) is 0 Å². The normalized spacial score (nSPS) is 10.8. The summed E-state index contributed by atoms with van der Waals surface area (Å²) in [5, 5.41) is 3.38. The molecule has 2 aromatic rings. The molecule has 1 N–H and O–H groups in total. The van der Waals surface area contributed by atoms with E-state index in [4.69, 9.17) is 16.3 Å². The number of ether oxygens (including phenoxy) is 1. The summed E-state index contributed by atoms with van der Waals surface area (Å²) < 4.78 is 18.9. The fourth-order valence-corrected chi connectivity index (χ4v) is 1.72. The highest BCUT2D eigenvalue weighted by molar-refractivity contribution is 6.30.